The standard InChI is InChI=1S/C24H34N4O8/c1-3-13(2)20(24(35)36)27-21(32)17(11-14-6-8-15(29)9-7-14)26-22(33)18-5-4-10-28(18)23(34)16(25)12-19(30)31/h6-9,13,16-18,20,29H,3-5,10-12,25H2,1-2H3,(H,26,33)(H,27,32)(H,30,31)(H,35,36). The van der Waals surface area contributed by atoms with Crippen molar-refractivity contribution in [3.63, 3.8) is 0 Å². The molecule has 1 saturated heterocycles. The number of aromatic hydroxyl groups is 1. The lowest BCUT2D eigenvalue weighted by Gasteiger charge is -2.29. The number of carboxylic acid groups (broad SMARTS) is 2. The van der Waals surface area contributed by atoms with Gasteiger partial charge in [0.1, 0.15) is 23.9 Å². The predicted octanol–water partition coefficient (Wildman–Crippen LogP) is -0.172. The van der Waals surface area contributed by atoms with Crippen LogP contribution in [-0.4, -0.2) is 80.6 Å². The molecular weight excluding hydrogens is 472 g/mol. The molecule has 0 spiro atoms. The van der Waals surface area contributed by atoms with Crippen LogP contribution in [-0.2, 0) is 30.4 Å². The normalized spacial score (nSPS) is 18.5. The van der Waals surface area contributed by atoms with Crippen LogP contribution in [0.1, 0.15) is 45.1 Å². The molecule has 12 nitrogen and oxygen atoms in total. The van der Waals surface area contributed by atoms with Gasteiger partial charge < -0.3 is 36.6 Å². The quantitative estimate of drug-likeness (QED) is 0.223. The number of phenols is 1. The monoisotopic (exact) mass is 506 g/mol. The first-order valence-corrected chi connectivity index (χ1v) is 11.8. The molecule has 1 aliphatic heterocycles. The minimum atomic E-state index is -1.31. The number of aliphatic carboxylic acids is 2. The van der Waals surface area contributed by atoms with E-state index in [-0.39, 0.29) is 24.6 Å². The van der Waals surface area contributed by atoms with Crippen molar-refractivity contribution in [1.29, 1.82) is 0 Å². The van der Waals surface area contributed by atoms with E-state index >= 15 is 0 Å². The Bertz CT molecular complexity index is 967. The number of benzene rings is 1. The Morgan fingerprint density at radius 3 is 2.31 bits per heavy atom. The highest BCUT2D eigenvalue weighted by Crippen LogP contribution is 2.20. The van der Waals surface area contributed by atoms with Crippen molar-refractivity contribution in [3.8, 4) is 5.75 Å². The van der Waals surface area contributed by atoms with Gasteiger partial charge in [-0.15, -0.1) is 0 Å². The highest BCUT2D eigenvalue weighted by atomic mass is 16.4. The maximum absolute atomic E-state index is 13.2. The van der Waals surface area contributed by atoms with Gasteiger partial charge >= 0.3 is 11.9 Å². The smallest absolute Gasteiger partial charge is 0.326 e. The molecule has 0 aliphatic carbocycles. The Morgan fingerprint density at radius 2 is 1.75 bits per heavy atom. The molecular formula is C24H34N4O8. The number of hydrogen-bond acceptors (Lipinski definition) is 7. The first-order valence-electron chi connectivity index (χ1n) is 11.8. The van der Waals surface area contributed by atoms with Crippen LogP contribution in [0.2, 0.25) is 0 Å². The fourth-order valence-corrected chi connectivity index (χ4v) is 4.07. The third kappa shape index (κ3) is 7.67. The van der Waals surface area contributed by atoms with Crippen LogP contribution in [0.25, 0.3) is 0 Å². The van der Waals surface area contributed by atoms with Crippen LogP contribution in [0.3, 0.4) is 0 Å². The van der Waals surface area contributed by atoms with E-state index in [2.05, 4.69) is 10.6 Å². The summed E-state index contributed by atoms with van der Waals surface area (Å²) in [7, 11) is 0. The average molecular weight is 507 g/mol. The second-order valence-electron chi connectivity index (χ2n) is 9.04. The fourth-order valence-electron chi connectivity index (χ4n) is 4.07. The van der Waals surface area contributed by atoms with E-state index in [0.717, 1.165) is 0 Å². The van der Waals surface area contributed by atoms with Gasteiger partial charge in [-0.1, -0.05) is 32.4 Å². The molecule has 5 atom stereocenters. The fraction of sp³-hybridized carbons (Fsp3) is 0.542. The van der Waals surface area contributed by atoms with Gasteiger partial charge in [-0.3, -0.25) is 19.2 Å². The molecule has 1 aliphatic rings. The molecule has 1 aromatic carbocycles. The maximum atomic E-state index is 13.2. The molecule has 0 radical (unpaired) electrons. The van der Waals surface area contributed by atoms with Gasteiger partial charge in [0.2, 0.25) is 17.7 Å². The summed E-state index contributed by atoms with van der Waals surface area (Å²) in [5.74, 6) is -4.79. The summed E-state index contributed by atoms with van der Waals surface area (Å²) in [5, 5.41) is 33.2. The Balaban J connectivity index is 2.23. The first kappa shape index (κ1) is 28.6. The molecule has 3 amide bonds. The third-order valence-corrected chi connectivity index (χ3v) is 6.34. The highest BCUT2D eigenvalue weighted by Gasteiger charge is 2.38. The third-order valence-electron chi connectivity index (χ3n) is 6.34. The van der Waals surface area contributed by atoms with Gasteiger partial charge in [0, 0.05) is 13.0 Å². The molecule has 1 fully saturated rings. The van der Waals surface area contributed by atoms with Crippen LogP contribution in [0.4, 0.5) is 0 Å². The van der Waals surface area contributed by atoms with Crippen molar-refractivity contribution < 1.29 is 39.3 Å². The Labute approximate surface area is 208 Å². The molecule has 36 heavy (non-hydrogen) atoms. The Morgan fingerprint density at radius 1 is 1.11 bits per heavy atom. The number of nitrogens with two attached hydrogens (primary N) is 1. The topological polar surface area (TPSA) is 199 Å². The highest BCUT2D eigenvalue weighted by molar-refractivity contribution is 5.95. The van der Waals surface area contributed by atoms with Crippen molar-refractivity contribution in [2.75, 3.05) is 6.54 Å². The predicted molar refractivity (Wildman–Crippen MR) is 128 cm³/mol. The number of nitrogens with zero attached hydrogens (tertiary/aromatic N) is 1. The molecule has 12 heteroatoms. The number of likely N-dealkylation sites (tertiary alicyclic amines) is 1. The SMILES string of the molecule is CCC(C)C(NC(=O)C(Cc1ccc(O)cc1)NC(=O)C1CCCN1C(=O)C(N)CC(=O)O)C(=O)O. The van der Waals surface area contributed by atoms with E-state index in [0.29, 0.717) is 24.8 Å². The first-order chi connectivity index (χ1) is 16.9. The summed E-state index contributed by atoms with van der Waals surface area (Å²) in [6.45, 7) is 3.70. The van der Waals surface area contributed by atoms with Gasteiger partial charge in [-0.25, -0.2) is 4.79 Å². The maximum Gasteiger partial charge on any atom is 0.326 e. The molecule has 7 N–H and O–H groups in total. The van der Waals surface area contributed by atoms with Gasteiger partial charge in [-0.05, 0) is 36.5 Å². The number of rotatable bonds is 12. The van der Waals surface area contributed by atoms with Crippen LogP contribution in [0.5, 0.6) is 5.75 Å². The number of hydrogen-bond donors (Lipinski definition) is 6. The lowest BCUT2D eigenvalue weighted by atomic mass is 9.98. The van der Waals surface area contributed by atoms with Gasteiger partial charge in [0.25, 0.3) is 0 Å². The van der Waals surface area contributed by atoms with Gasteiger partial charge in [-0.2, -0.15) is 0 Å². The number of carboxylic acids is 2. The molecule has 198 valence electrons. The Hall–Kier alpha value is -3.67. The summed E-state index contributed by atoms with van der Waals surface area (Å²) in [6, 6.07) is 1.40. The van der Waals surface area contributed by atoms with Crippen LogP contribution in [0.15, 0.2) is 24.3 Å². The van der Waals surface area contributed by atoms with E-state index in [4.69, 9.17) is 10.8 Å². The van der Waals surface area contributed by atoms with Crippen molar-refractivity contribution in [3.05, 3.63) is 29.8 Å². The minimum absolute atomic E-state index is 0.00386. The van der Waals surface area contributed by atoms with Crippen molar-refractivity contribution in [2.24, 2.45) is 11.7 Å². The molecule has 0 bridgehead atoms. The summed E-state index contributed by atoms with van der Waals surface area (Å²) in [4.78, 5) is 62.8. The van der Waals surface area contributed by atoms with Crippen LogP contribution >= 0.6 is 0 Å². The van der Waals surface area contributed by atoms with E-state index in [1.165, 1.54) is 17.0 Å². The summed E-state index contributed by atoms with van der Waals surface area (Å²) >= 11 is 0. The van der Waals surface area contributed by atoms with Crippen molar-refractivity contribution in [1.82, 2.24) is 15.5 Å². The number of carbonyl (C=O) groups excluding carboxylic acids is 3. The zero-order valence-electron chi connectivity index (χ0n) is 20.3. The molecule has 5 unspecified atom stereocenters. The minimum Gasteiger partial charge on any atom is -0.508 e. The van der Waals surface area contributed by atoms with Gasteiger partial charge in [0.15, 0.2) is 0 Å². The largest absolute Gasteiger partial charge is 0.508 e. The lowest BCUT2D eigenvalue weighted by molar-refractivity contribution is -0.145. The second kappa shape index (κ2) is 12.9. The van der Waals surface area contributed by atoms with E-state index < -0.39 is 60.2 Å². The summed E-state index contributed by atoms with van der Waals surface area (Å²) in [5.41, 5.74) is 6.31. The van der Waals surface area contributed by atoms with Crippen LogP contribution < -0.4 is 16.4 Å². The molecule has 1 aromatic rings. The molecule has 0 saturated carbocycles. The molecule has 2 rings (SSSR count). The van der Waals surface area contributed by atoms with E-state index in [1.807, 2.05) is 0 Å². The van der Waals surface area contributed by atoms with E-state index in [1.54, 1.807) is 26.0 Å². The number of carbonyl (C=O) groups is 5. The lowest BCUT2D eigenvalue weighted by Crippen LogP contribution is -2.58. The summed E-state index contributed by atoms with van der Waals surface area (Å²) in [6.07, 6.45) is 0.719. The van der Waals surface area contributed by atoms with Crippen molar-refractivity contribution in [2.45, 2.75) is 70.1 Å². The summed E-state index contributed by atoms with van der Waals surface area (Å²) < 4.78 is 0. The van der Waals surface area contributed by atoms with Crippen molar-refractivity contribution >= 4 is 29.7 Å². The number of nitrogens with one attached hydrogen (secondary N) is 2. The zero-order valence-corrected chi connectivity index (χ0v) is 20.3. The van der Waals surface area contributed by atoms with E-state index in [9.17, 15) is 34.2 Å². The van der Waals surface area contributed by atoms with Gasteiger partial charge in [0.05, 0.1) is 12.5 Å². The molecule has 1 heterocycles. The zero-order chi connectivity index (χ0) is 27.0. The molecule has 0 aromatic heterocycles. The average Bonchev–Trinajstić information content (AvgIpc) is 3.31. The number of amides is 3. The van der Waals surface area contributed by atoms with Crippen LogP contribution in [0, 0.1) is 5.92 Å². The second-order valence-corrected chi connectivity index (χ2v) is 9.04. The number of phenolic OH excluding ortho intramolecular Hbond substituents is 1. The Kier molecular flexibility index (Phi) is 10.2.